The van der Waals surface area contributed by atoms with Gasteiger partial charge in [0.05, 0.1) is 10.7 Å². The molecule has 0 amide bonds. The molecule has 0 atom stereocenters. The molecule has 0 aliphatic carbocycles. The number of furan rings is 1. The molecule has 114 valence electrons. The number of rotatable bonds is 4. The molecule has 3 N–H and O–H groups in total. The van der Waals surface area contributed by atoms with Crippen molar-refractivity contribution in [2.75, 3.05) is 4.72 Å². The summed E-state index contributed by atoms with van der Waals surface area (Å²) in [6.45, 7) is 3.35. The molecule has 0 radical (unpaired) electrons. The van der Waals surface area contributed by atoms with Crippen molar-refractivity contribution in [3.05, 3.63) is 44.8 Å². The molecule has 0 bridgehead atoms. The Hall–Kier alpha value is -1.02. The van der Waals surface area contributed by atoms with Crippen molar-refractivity contribution in [2.24, 2.45) is 5.73 Å². The molecule has 1 heterocycles. The summed E-state index contributed by atoms with van der Waals surface area (Å²) in [6.07, 6.45) is 0. The van der Waals surface area contributed by atoms with Crippen molar-refractivity contribution < 1.29 is 12.8 Å². The van der Waals surface area contributed by atoms with Crippen molar-refractivity contribution in [3.8, 4) is 0 Å². The fraction of sp³-hybridized carbons (Fsp3) is 0.231. The van der Waals surface area contributed by atoms with Gasteiger partial charge in [0.2, 0.25) is 0 Å². The predicted octanol–water partition coefficient (Wildman–Crippen LogP) is 3.57. The summed E-state index contributed by atoms with van der Waals surface area (Å²) >= 11 is 9.30. The Morgan fingerprint density at radius 1 is 1.33 bits per heavy atom. The normalized spacial score (nSPS) is 11.7. The van der Waals surface area contributed by atoms with Crippen LogP contribution in [0.2, 0.25) is 5.02 Å². The van der Waals surface area contributed by atoms with E-state index in [1.165, 1.54) is 0 Å². The maximum absolute atomic E-state index is 12.6. The number of hydrogen-bond acceptors (Lipinski definition) is 4. The van der Waals surface area contributed by atoms with Gasteiger partial charge in [-0.15, -0.1) is 0 Å². The van der Waals surface area contributed by atoms with Gasteiger partial charge in [-0.25, -0.2) is 8.42 Å². The predicted molar refractivity (Wildman–Crippen MR) is 86.0 cm³/mol. The zero-order valence-electron chi connectivity index (χ0n) is 11.4. The third-order valence-corrected chi connectivity index (χ3v) is 5.34. The van der Waals surface area contributed by atoms with E-state index in [0.717, 1.165) is 4.47 Å². The first-order valence-corrected chi connectivity index (χ1v) is 8.68. The molecule has 2 rings (SSSR count). The fourth-order valence-corrected chi connectivity index (χ4v) is 4.38. The van der Waals surface area contributed by atoms with Gasteiger partial charge in [0, 0.05) is 16.6 Å². The Labute approximate surface area is 136 Å². The van der Waals surface area contributed by atoms with Crippen LogP contribution in [0.5, 0.6) is 0 Å². The second kappa shape index (κ2) is 6.00. The molecule has 2 aromatic rings. The fourth-order valence-electron chi connectivity index (χ4n) is 2.07. The monoisotopic (exact) mass is 392 g/mol. The summed E-state index contributed by atoms with van der Waals surface area (Å²) < 4.78 is 33.7. The topological polar surface area (TPSA) is 85.3 Å². The van der Waals surface area contributed by atoms with Gasteiger partial charge in [0.25, 0.3) is 10.0 Å². The highest BCUT2D eigenvalue weighted by molar-refractivity contribution is 9.10. The van der Waals surface area contributed by atoms with Gasteiger partial charge in [-0.3, -0.25) is 4.72 Å². The van der Waals surface area contributed by atoms with E-state index in [-0.39, 0.29) is 11.4 Å². The lowest BCUT2D eigenvalue weighted by Crippen LogP contribution is -2.16. The molecule has 0 fully saturated rings. The van der Waals surface area contributed by atoms with Crippen LogP contribution in [0.1, 0.15) is 17.1 Å². The molecular formula is C13H14BrClN2O3S. The lowest BCUT2D eigenvalue weighted by atomic mass is 10.2. The van der Waals surface area contributed by atoms with Crippen LogP contribution >= 0.6 is 27.5 Å². The average Bonchev–Trinajstić information content (AvgIpc) is 2.67. The molecule has 1 aromatic heterocycles. The maximum atomic E-state index is 12.6. The smallest absolute Gasteiger partial charge is 0.265 e. The number of hydrogen-bond donors (Lipinski definition) is 2. The van der Waals surface area contributed by atoms with E-state index < -0.39 is 10.0 Å². The highest BCUT2D eigenvalue weighted by Gasteiger charge is 2.26. The van der Waals surface area contributed by atoms with Gasteiger partial charge < -0.3 is 10.2 Å². The minimum atomic E-state index is -3.82. The number of benzene rings is 1. The highest BCUT2D eigenvalue weighted by atomic mass is 79.9. The van der Waals surface area contributed by atoms with Crippen LogP contribution in [0.15, 0.2) is 32.0 Å². The summed E-state index contributed by atoms with van der Waals surface area (Å²) in [5, 5.41) is 0.292. The molecule has 21 heavy (non-hydrogen) atoms. The molecular weight excluding hydrogens is 380 g/mol. The van der Waals surface area contributed by atoms with Crippen LogP contribution in [-0.4, -0.2) is 8.42 Å². The Morgan fingerprint density at radius 3 is 2.57 bits per heavy atom. The third kappa shape index (κ3) is 3.26. The standard InChI is InChI=1S/C13H14BrClN2O3S/c1-7-10(6-16)13(8(2)20-7)21(18,19)17-12-4-3-9(14)5-11(12)15/h3-5,17H,6,16H2,1-2H3. The number of sulfonamides is 1. The SMILES string of the molecule is Cc1oc(C)c(S(=O)(=O)Nc2ccc(Br)cc2Cl)c1CN. The quantitative estimate of drug-likeness (QED) is 0.831. The zero-order valence-corrected chi connectivity index (χ0v) is 14.6. The summed E-state index contributed by atoms with van der Waals surface area (Å²) in [7, 11) is -3.82. The van der Waals surface area contributed by atoms with Crippen LogP contribution in [0.3, 0.4) is 0 Å². The molecule has 0 unspecified atom stereocenters. The summed E-state index contributed by atoms with van der Waals surface area (Å²) in [6, 6.07) is 4.88. The second-order valence-corrected chi connectivity index (χ2v) is 7.40. The summed E-state index contributed by atoms with van der Waals surface area (Å²) in [4.78, 5) is 0.0708. The Bertz CT molecular complexity index is 787. The molecule has 0 spiro atoms. The van der Waals surface area contributed by atoms with Crippen molar-refractivity contribution in [1.29, 1.82) is 0 Å². The molecule has 8 heteroatoms. The molecule has 0 aliphatic heterocycles. The summed E-state index contributed by atoms with van der Waals surface area (Å²) in [5.41, 5.74) is 6.38. The largest absolute Gasteiger partial charge is 0.465 e. The Kier molecular flexibility index (Phi) is 4.67. The minimum Gasteiger partial charge on any atom is -0.465 e. The van der Waals surface area contributed by atoms with Crippen LogP contribution in [0.4, 0.5) is 5.69 Å². The molecule has 0 saturated carbocycles. The van der Waals surface area contributed by atoms with E-state index in [4.69, 9.17) is 21.8 Å². The van der Waals surface area contributed by atoms with Gasteiger partial charge in [-0.05, 0) is 32.0 Å². The van der Waals surface area contributed by atoms with E-state index in [2.05, 4.69) is 20.7 Å². The van der Waals surface area contributed by atoms with Crippen molar-refractivity contribution in [3.63, 3.8) is 0 Å². The van der Waals surface area contributed by atoms with Gasteiger partial charge in [0.1, 0.15) is 16.4 Å². The van der Waals surface area contributed by atoms with Crippen molar-refractivity contribution in [2.45, 2.75) is 25.3 Å². The Morgan fingerprint density at radius 2 is 2.00 bits per heavy atom. The number of nitrogens with one attached hydrogen (secondary N) is 1. The maximum Gasteiger partial charge on any atom is 0.265 e. The average molecular weight is 394 g/mol. The van der Waals surface area contributed by atoms with Crippen LogP contribution < -0.4 is 10.5 Å². The van der Waals surface area contributed by atoms with E-state index in [0.29, 0.717) is 27.8 Å². The van der Waals surface area contributed by atoms with Crippen molar-refractivity contribution in [1.82, 2.24) is 0 Å². The molecule has 1 aromatic carbocycles. The van der Waals surface area contributed by atoms with Gasteiger partial charge in [0.15, 0.2) is 0 Å². The number of nitrogens with two attached hydrogens (primary N) is 1. The highest BCUT2D eigenvalue weighted by Crippen LogP contribution is 2.31. The third-order valence-electron chi connectivity index (χ3n) is 2.97. The second-order valence-electron chi connectivity index (χ2n) is 4.46. The van der Waals surface area contributed by atoms with E-state index in [9.17, 15) is 8.42 Å². The molecule has 0 saturated heterocycles. The van der Waals surface area contributed by atoms with E-state index >= 15 is 0 Å². The van der Waals surface area contributed by atoms with Crippen molar-refractivity contribution >= 4 is 43.2 Å². The van der Waals surface area contributed by atoms with E-state index in [1.54, 1.807) is 32.0 Å². The first-order valence-electron chi connectivity index (χ1n) is 6.03. The van der Waals surface area contributed by atoms with Crippen LogP contribution in [0, 0.1) is 13.8 Å². The van der Waals surface area contributed by atoms with E-state index in [1.807, 2.05) is 0 Å². The number of aryl methyl sites for hydroxylation is 2. The number of halogens is 2. The minimum absolute atomic E-state index is 0.0708. The van der Waals surface area contributed by atoms with Gasteiger partial charge in [-0.2, -0.15) is 0 Å². The van der Waals surface area contributed by atoms with Crippen LogP contribution in [0.25, 0.3) is 0 Å². The molecule has 5 nitrogen and oxygen atoms in total. The number of anilines is 1. The first kappa shape index (κ1) is 16.4. The summed E-state index contributed by atoms with van der Waals surface area (Å²) in [5.74, 6) is 0.797. The molecule has 0 aliphatic rings. The first-order chi connectivity index (χ1) is 9.76. The lowest BCUT2D eigenvalue weighted by Gasteiger charge is -2.10. The zero-order chi connectivity index (χ0) is 15.8. The van der Waals surface area contributed by atoms with Crippen LogP contribution in [-0.2, 0) is 16.6 Å². The van der Waals surface area contributed by atoms with Gasteiger partial charge >= 0.3 is 0 Å². The lowest BCUT2D eigenvalue weighted by molar-refractivity contribution is 0.494. The Balaban J connectivity index is 2.48. The van der Waals surface area contributed by atoms with Gasteiger partial charge in [-0.1, -0.05) is 27.5 Å².